The van der Waals surface area contributed by atoms with E-state index in [1.165, 1.54) is 6.92 Å². The van der Waals surface area contributed by atoms with Crippen molar-refractivity contribution in [2.24, 2.45) is 7.05 Å². The summed E-state index contributed by atoms with van der Waals surface area (Å²) in [5.41, 5.74) is 3.39. The number of amides is 1. The van der Waals surface area contributed by atoms with E-state index in [-0.39, 0.29) is 5.91 Å². The molecule has 4 heterocycles. The van der Waals surface area contributed by atoms with E-state index in [1.54, 1.807) is 16.9 Å². The number of aryl methyl sites for hydroxylation is 1. The molecule has 3 aromatic rings. The van der Waals surface area contributed by atoms with Crippen molar-refractivity contribution >= 4 is 23.2 Å². The van der Waals surface area contributed by atoms with Gasteiger partial charge in [-0.3, -0.25) is 9.48 Å². The first-order valence-corrected chi connectivity index (χ1v) is 9.18. The second-order valence-electron chi connectivity index (χ2n) is 6.80. The third-order valence-electron chi connectivity index (χ3n) is 4.58. The fourth-order valence-corrected chi connectivity index (χ4v) is 3.22. The van der Waals surface area contributed by atoms with Gasteiger partial charge in [-0.2, -0.15) is 5.10 Å². The Morgan fingerprint density at radius 1 is 1.29 bits per heavy atom. The number of aromatic nitrogens is 4. The van der Waals surface area contributed by atoms with Crippen LogP contribution in [-0.4, -0.2) is 38.9 Å². The number of nitrogens with zero attached hydrogens (tertiary/aromatic N) is 4. The summed E-state index contributed by atoms with van der Waals surface area (Å²) in [5, 5.41) is 10.6. The first kappa shape index (κ1) is 18.1. The Labute approximate surface area is 163 Å². The SMILES string of the molecule is CC(=O)Nc1cc(Nc2cccc([C@H]3CCOC3)n2)c(-c2ccn(C)n2)cn1. The van der Waals surface area contributed by atoms with Gasteiger partial charge in [0.25, 0.3) is 0 Å². The third-order valence-corrected chi connectivity index (χ3v) is 4.58. The Balaban J connectivity index is 1.68. The average molecular weight is 378 g/mol. The van der Waals surface area contributed by atoms with Crippen molar-refractivity contribution in [3.63, 3.8) is 0 Å². The highest BCUT2D eigenvalue weighted by Gasteiger charge is 2.19. The predicted octanol–water partition coefficient (Wildman–Crippen LogP) is 3.08. The number of hydrogen-bond acceptors (Lipinski definition) is 6. The van der Waals surface area contributed by atoms with Crippen LogP contribution >= 0.6 is 0 Å². The molecular formula is C20H22N6O2. The molecule has 0 saturated carbocycles. The minimum absolute atomic E-state index is 0.176. The molecule has 1 aliphatic rings. The van der Waals surface area contributed by atoms with Gasteiger partial charge in [-0.15, -0.1) is 0 Å². The average Bonchev–Trinajstić information content (AvgIpc) is 3.34. The molecule has 2 N–H and O–H groups in total. The number of nitrogens with one attached hydrogen (secondary N) is 2. The van der Waals surface area contributed by atoms with Crippen molar-refractivity contribution in [3.8, 4) is 11.3 Å². The van der Waals surface area contributed by atoms with Crippen molar-refractivity contribution in [1.82, 2.24) is 19.7 Å². The molecule has 3 aromatic heterocycles. The van der Waals surface area contributed by atoms with E-state index >= 15 is 0 Å². The van der Waals surface area contributed by atoms with Gasteiger partial charge in [-0.1, -0.05) is 6.07 Å². The molecule has 8 nitrogen and oxygen atoms in total. The molecule has 144 valence electrons. The van der Waals surface area contributed by atoms with Crippen LogP contribution in [0.3, 0.4) is 0 Å². The summed E-state index contributed by atoms with van der Waals surface area (Å²) in [6.07, 6.45) is 4.56. The third kappa shape index (κ3) is 4.01. The zero-order chi connectivity index (χ0) is 19.5. The second-order valence-corrected chi connectivity index (χ2v) is 6.80. The number of hydrogen-bond donors (Lipinski definition) is 2. The van der Waals surface area contributed by atoms with Crippen LogP contribution < -0.4 is 10.6 Å². The van der Waals surface area contributed by atoms with Crippen LogP contribution in [0.25, 0.3) is 11.3 Å². The van der Waals surface area contributed by atoms with E-state index in [1.807, 2.05) is 37.5 Å². The van der Waals surface area contributed by atoms with Gasteiger partial charge in [0, 0.05) is 56.2 Å². The fraction of sp³-hybridized carbons (Fsp3) is 0.300. The number of ether oxygens (including phenoxy) is 1. The summed E-state index contributed by atoms with van der Waals surface area (Å²) in [7, 11) is 1.87. The highest BCUT2D eigenvalue weighted by molar-refractivity contribution is 5.89. The van der Waals surface area contributed by atoms with E-state index in [9.17, 15) is 4.79 Å². The lowest BCUT2D eigenvalue weighted by atomic mass is 10.0. The van der Waals surface area contributed by atoms with Crippen LogP contribution in [0.5, 0.6) is 0 Å². The normalized spacial score (nSPS) is 16.1. The van der Waals surface area contributed by atoms with Gasteiger partial charge in [0.15, 0.2) is 0 Å². The zero-order valence-electron chi connectivity index (χ0n) is 15.8. The van der Waals surface area contributed by atoms with Crippen molar-refractivity contribution in [2.45, 2.75) is 19.3 Å². The first-order chi connectivity index (χ1) is 13.6. The Morgan fingerprint density at radius 2 is 2.18 bits per heavy atom. The molecule has 1 saturated heterocycles. The van der Waals surface area contributed by atoms with Crippen LogP contribution in [0.4, 0.5) is 17.3 Å². The largest absolute Gasteiger partial charge is 0.381 e. The smallest absolute Gasteiger partial charge is 0.222 e. The Morgan fingerprint density at radius 3 is 2.89 bits per heavy atom. The lowest BCUT2D eigenvalue weighted by Gasteiger charge is -2.14. The van der Waals surface area contributed by atoms with Crippen LogP contribution in [0.2, 0.25) is 0 Å². The topological polar surface area (TPSA) is 94.0 Å². The van der Waals surface area contributed by atoms with Crippen LogP contribution in [-0.2, 0) is 16.6 Å². The molecule has 0 spiro atoms. The molecule has 0 aromatic carbocycles. The quantitative estimate of drug-likeness (QED) is 0.709. The molecule has 4 rings (SSSR count). The number of anilines is 3. The van der Waals surface area contributed by atoms with Gasteiger partial charge in [0.2, 0.25) is 5.91 Å². The lowest BCUT2D eigenvalue weighted by molar-refractivity contribution is -0.114. The molecule has 8 heteroatoms. The molecule has 0 unspecified atom stereocenters. The fourth-order valence-electron chi connectivity index (χ4n) is 3.22. The zero-order valence-corrected chi connectivity index (χ0v) is 15.8. The maximum Gasteiger partial charge on any atom is 0.222 e. The van der Waals surface area contributed by atoms with Crippen LogP contribution in [0.1, 0.15) is 25.0 Å². The van der Waals surface area contributed by atoms with Gasteiger partial charge in [0.05, 0.1) is 18.0 Å². The van der Waals surface area contributed by atoms with Crippen molar-refractivity contribution in [1.29, 1.82) is 0 Å². The molecule has 1 aliphatic heterocycles. The molecular weight excluding hydrogens is 356 g/mol. The van der Waals surface area contributed by atoms with Gasteiger partial charge >= 0.3 is 0 Å². The number of carbonyl (C=O) groups is 1. The number of carbonyl (C=O) groups excluding carboxylic acids is 1. The predicted molar refractivity (Wildman–Crippen MR) is 106 cm³/mol. The molecule has 28 heavy (non-hydrogen) atoms. The maximum absolute atomic E-state index is 11.4. The molecule has 0 aliphatic carbocycles. The summed E-state index contributed by atoms with van der Waals surface area (Å²) < 4.78 is 7.22. The highest BCUT2D eigenvalue weighted by atomic mass is 16.5. The summed E-state index contributed by atoms with van der Waals surface area (Å²) in [4.78, 5) is 20.5. The van der Waals surface area contributed by atoms with Gasteiger partial charge in [0.1, 0.15) is 11.6 Å². The van der Waals surface area contributed by atoms with Crippen LogP contribution in [0.15, 0.2) is 42.7 Å². The molecule has 1 atom stereocenters. The second kappa shape index (κ2) is 7.77. The Hall–Kier alpha value is -3.26. The minimum Gasteiger partial charge on any atom is -0.381 e. The number of pyridine rings is 2. The van der Waals surface area contributed by atoms with Crippen molar-refractivity contribution in [2.75, 3.05) is 23.8 Å². The van der Waals surface area contributed by atoms with E-state index in [0.29, 0.717) is 18.3 Å². The first-order valence-electron chi connectivity index (χ1n) is 9.18. The summed E-state index contributed by atoms with van der Waals surface area (Å²) >= 11 is 0. The lowest BCUT2D eigenvalue weighted by Crippen LogP contribution is -2.08. The molecule has 1 amide bonds. The standard InChI is InChI=1S/C20H22N6O2/c1-13(27)22-20-10-18(15(11-21-20)17-6-8-26(2)25-17)24-19-5-3-4-16(23-19)14-7-9-28-12-14/h3-6,8,10-11,14H,7,9,12H2,1-2H3,(H2,21,22,23,24,27)/t14-/m0/s1. The number of rotatable bonds is 5. The van der Waals surface area contributed by atoms with Gasteiger partial charge in [-0.05, 0) is 24.6 Å². The molecule has 1 fully saturated rings. The van der Waals surface area contributed by atoms with Crippen molar-refractivity contribution in [3.05, 3.63) is 48.4 Å². The summed E-state index contributed by atoms with van der Waals surface area (Å²) in [5.74, 6) is 1.34. The van der Waals surface area contributed by atoms with E-state index in [2.05, 4.69) is 20.7 Å². The highest BCUT2D eigenvalue weighted by Crippen LogP contribution is 2.31. The maximum atomic E-state index is 11.4. The van der Waals surface area contributed by atoms with E-state index in [4.69, 9.17) is 9.72 Å². The minimum atomic E-state index is -0.176. The Kier molecular flexibility index (Phi) is 5.03. The molecule has 0 bridgehead atoms. The van der Waals surface area contributed by atoms with E-state index in [0.717, 1.165) is 41.5 Å². The molecule has 0 radical (unpaired) electrons. The summed E-state index contributed by atoms with van der Waals surface area (Å²) in [6, 6.07) is 9.64. The van der Waals surface area contributed by atoms with Gasteiger partial charge in [-0.25, -0.2) is 9.97 Å². The van der Waals surface area contributed by atoms with Crippen LogP contribution in [0, 0.1) is 0 Å². The van der Waals surface area contributed by atoms with Crippen molar-refractivity contribution < 1.29 is 9.53 Å². The monoisotopic (exact) mass is 378 g/mol. The Bertz CT molecular complexity index is 994. The van der Waals surface area contributed by atoms with E-state index < -0.39 is 0 Å². The summed E-state index contributed by atoms with van der Waals surface area (Å²) in [6.45, 7) is 2.94. The van der Waals surface area contributed by atoms with Gasteiger partial charge < -0.3 is 15.4 Å².